The third-order valence-corrected chi connectivity index (χ3v) is 4.57. The topological polar surface area (TPSA) is 67.2 Å². The molecule has 4 rings (SSSR count). The molecule has 1 aromatic carbocycles. The molecule has 1 aromatic heterocycles. The van der Waals surface area contributed by atoms with E-state index < -0.39 is 0 Å². The molecule has 1 amide bonds. The highest BCUT2D eigenvalue weighted by Gasteiger charge is 2.29. The first-order chi connectivity index (χ1) is 9.79. The van der Waals surface area contributed by atoms with Gasteiger partial charge in [0.1, 0.15) is 5.52 Å². The Morgan fingerprint density at radius 1 is 1.45 bits per heavy atom. The maximum Gasteiger partial charge on any atom is 0.242 e. The first-order valence-electron chi connectivity index (χ1n) is 6.82. The summed E-state index contributed by atoms with van der Waals surface area (Å²) in [6, 6.07) is 5.52. The van der Waals surface area contributed by atoms with Gasteiger partial charge in [0.05, 0.1) is 6.04 Å². The number of benzene rings is 1. The molecule has 2 aromatic rings. The molecule has 1 atom stereocenters. The van der Waals surface area contributed by atoms with Crippen LogP contribution in [-0.2, 0) is 4.79 Å². The van der Waals surface area contributed by atoms with Crippen molar-refractivity contribution in [3.05, 3.63) is 24.1 Å². The number of anilines is 1. The molecule has 1 aliphatic heterocycles. The van der Waals surface area contributed by atoms with Gasteiger partial charge in [-0.05, 0) is 31.0 Å². The van der Waals surface area contributed by atoms with Crippen molar-refractivity contribution in [1.29, 1.82) is 0 Å². The zero-order chi connectivity index (χ0) is 13.5. The lowest BCUT2D eigenvalue weighted by Gasteiger charge is -2.10. The molecule has 2 fully saturated rings. The normalized spacial score (nSPS) is 22.3. The summed E-state index contributed by atoms with van der Waals surface area (Å²) in [6.45, 7) is 0. The van der Waals surface area contributed by atoms with Crippen molar-refractivity contribution in [2.45, 2.75) is 24.8 Å². The lowest BCUT2D eigenvalue weighted by atomic mass is 10.2. The molecule has 6 heteroatoms. The number of hydrogen-bond acceptors (Lipinski definition) is 5. The number of aromatic nitrogens is 1. The van der Waals surface area contributed by atoms with Gasteiger partial charge in [-0.15, -0.1) is 11.8 Å². The number of amides is 1. The molecule has 0 bridgehead atoms. The van der Waals surface area contributed by atoms with E-state index in [0.29, 0.717) is 5.92 Å². The lowest BCUT2D eigenvalue weighted by molar-refractivity contribution is -0.117. The van der Waals surface area contributed by atoms with Crippen molar-refractivity contribution in [3.63, 3.8) is 0 Å². The van der Waals surface area contributed by atoms with Gasteiger partial charge in [0.25, 0.3) is 0 Å². The van der Waals surface area contributed by atoms with Gasteiger partial charge in [-0.3, -0.25) is 10.1 Å². The van der Waals surface area contributed by atoms with Gasteiger partial charge in [0.2, 0.25) is 5.91 Å². The number of hydrogen-bond donors (Lipinski definition) is 2. The van der Waals surface area contributed by atoms with Gasteiger partial charge in [-0.25, -0.2) is 4.98 Å². The Bertz CT molecular complexity index is 659. The summed E-state index contributed by atoms with van der Waals surface area (Å²) in [7, 11) is 0. The molecule has 1 unspecified atom stereocenters. The maximum atomic E-state index is 12.0. The van der Waals surface area contributed by atoms with Gasteiger partial charge < -0.3 is 9.73 Å². The predicted molar refractivity (Wildman–Crippen MR) is 78.9 cm³/mol. The summed E-state index contributed by atoms with van der Waals surface area (Å²) in [5, 5.41) is 6.09. The smallest absolute Gasteiger partial charge is 0.242 e. The van der Waals surface area contributed by atoms with E-state index >= 15 is 0 Å². The van der Waals surface area contributed by atoms with Crippen LogP contribution in [0.25, 0.3) is 11.1 Å². The molecule has 1 aliphatic carbocycles. The molecule has 0 spiro atoms. The molecule has 1 saturated heterocycles. The highest BCUT2D eigenvalue weighted by Crippen LogP contribution is 2.40. The van der Waals surface area contributed by atoms with Crippen LogP contribution in [0.4, 0.5) is 5.69 Å². The van der Waals surface area contributed by atoms with E-state index in [1.54, 1.807) is 11.8 Å². The summed E-state index contributed by atoms with van der Waals surface area (Å²) in [4.78, 5) is 16.5. The van der Waals surface area contributed by atoms with Crippen molar-refractivity contribution in [2.24, 2.45) is 0 Å². The summed E-state index contributed by atoms with van der Waals surface area (Å²) in [5.41, 5.74) is 2.38. The van der Waals surface area contributed by atoms with Crippen molar-refractivity contribution in [2.75, 3.05) is 16.9 Å². The van der Waals surface area contributed by atoms with Gasteiger partial charge >= 0.3 is 0 Å². The molecule has 2 heterocycles. The highest BCUT2D eigenvalue weighted by molar-refractivity contribution is 7.99. The van der Waals surface area contributed by atoms with E-state index in [2.05, 4.69) is 15.6 Å². The number of nitrogens with zero attached hydrogens (tertiary/aromatic N) is 1. The van der Waals surface area contributed by atoms with Crippen molar-refractivity contribution >= 4 is 34.5 Å². The quantitative estimate of drug-likeness (QED) is 0.907. The Hall–Kier alpha value is -1.53. The summed E-state index contributed by atoms with van der Waals surface area (Å²) in [5.74, 6) is 3.01. The van der Waals surface area contributed by atoms with Gasteiger partial charge in [-0.2, -0.15) is 0 Å². The van der Waals surface area contributed by atoms with E-state index in [0.717, 1.165) is 34.3 Å². The van der Waals surface area contributed by atoms with E-state index in [1.807, 2.05) is 18.2 Å². The number of carbonyl (C=O) groups excluding carboxylic acids is 1. The molecular formula is C14H15N3O2S. The maximum absolute atomic E-state index is 12.0. The number of nitrogens with one attached hydrogen (secondary N) is 2. The highest BCUT2D eigenvalue weighted by atomic mass is 32.2. The minimum absolute atomic E-state index is 0.0141. The van der Waals surface area contributed by atoms with E-state index in [4.69, 9.17) is 4.42 Å². The fourth-order valence-corrected chi connectivity index (χ4v) is 3.26. The van der Waals surface area contributed by atoms with Crippen molar-refractivity contribution in [3.8, 4) is 0 Å². The molecule has 1 saturated carbocycles. The van der Waals surface area contributed by atoms with Gasteiger partial charge in [-0.1, -0.05) is 0 Å². The average Bonchev–Trinajstić information content (AvgIpc) is 3.00. The number of oxazole rings is 1. The van der Waals surface area contributed by atoms with E-state index in [-0.39, 0.29) is 11.9 Å². The third kappa shape index (κ3) is 2.29. The van der Waals surface area contributed by atoms with Crippen LogP contribution in [0.2, 0.25) is 0 Å². The standard InChI is InChI=1S/C14H15N3O2S/c18-13(11-6-20-7-15-11)16-9-3-4-12-10(5-9)17-14(19-12)8-1-2-8/h3-5,8,11,15H,1-2,6-7H2,(H,16,18). The number of fused-ring (bicyclic) bond motifs is 1. The molecule has 5 nitrogen and oxygen atoms in total. The van der Waals surface area contributed by atoms with Crippen LogP contribution in [0.5, 0.6) is 0 Å². The second-order valence-corrected chi connectivity index (χ2v) is 6.30. The second-order valence-electron chi connectivity index (χ2n) is 5.27. The van der Waals surface area contributed by atoms with Crippen LogP contribution in [0.1, 0.15) is 24.7 Å². The summed E-state index contributed by atoms with van der Waals surface area (Å²) >= 11 is 1.74. The molecule has 0 radical (unpaired) electrons. The third-order valence-electron chi connectivity index (χ3n) is 3.63. The van der Waals surface area contributed by atoms with Crippen LogP contribution < -0.4 is 10.6 Å². The molecular weight excluding hydrogens is 274 g/mol. The van der Waals surface area contributed by atoms with Crippen LogP contribution in [0, 0.1) is 0 Å². The average molecular weight is 289 g/mol. The minimum atomic E-state index is -0.102. The molecule has 2 aliphatic rings. The summed E-state index contributed by atoms with van der Waals surface area (Å²) < 4.78 is 5.71. The van der Waals surface area contributed by atoms with E-state index in [9.17, 15) is 4.79 Å². The zero-order valence-corrected chi connectivity index (χ0v) is 11.7. The van der Waals surface area contributed by atoms with Crippen LogP contribution in [0.3, 0.4) is 0 Å². The van der Waals surface area contributed by atoms with Gasteiger partial charge in [0.15, 0.2) is 11.5 Å². The number of thioether (sulfide) groups is 1. The molecule has 104 valence electrons. The largest absolute Gasteiger partial charge is 0.440 e. The van der Waals surface area contributed by atoms with Crippen LogP contribution in [0.15, 0.2) is 22.6 Å². The molecule has 2 N–H and O–H groups in total. The fraction of sp³-hybridized carbons (Fsp3) is 0.429. The van der Waals surface area contributed by atoms with Crippen molar-refractivity contribution < 1.29 is 9.21 Å². The van der Waals surface area contributed by atoms with Crippen molar-refractivity contribution in [1.82, 2.24) is 10.3 Å². The molecule has 20 heavy (non-hydrogen) atoms. The number of carbonyl (C=O) groups is 1. The van der Waals surface area contributed by atoms with E-state index in [1.165, 1.54) is 12.8 Å². The van der Waals surface area contributed by atoms with Crippen LogP contribution >= 0.6 is 11.8 Å². The first kappa shape index (κ1) is 12.2. The predicted octanol–water partition coefficient (Wildman–Crippen LogP) is 2.31. The Kier molecular flexibility index (Phi) is 2.93. The van der Waals surface area contributed by atoms with Crippen LogP contribution in [-0.4, -0.2) is 28.6 Å². The monoisotopic (exact) mass is 289 g/mol. The number of rotatable bonds is 3. The first-order valence-corrected chi connectivity index (χ1v) is 7.97. The minimum Gasteiger partial charge on any atom is -0.440 e. The Morgan fingerprint density at radius 2 is 2.35 bits per heavy atom. The fourth-order valence-electron chi connectivity index (χ4n) is 2.32. The Balaban J connectivity index is 1.55. The lowest BCUT2D eigenvalue weighted by Crippen LogP contribution is -2.37. The second kappa shape index (κ2) is 4.79. The summed E-state index contributed by atoms with van der Waals surface area (Å²) in [6.07, 6.45) is 2.34. The SMILES string of the molecule is O=C(Nc1ccc2oc(C3CC3)nc2c1)C1CSCN1. The Morgan fingerprint density at radius 3 is 3.10 bits per heavy atom. The zero-order valence-electron chi connectivity index (χ0n) is 10.9. The Labute approximate surface area is 120 Å². The van der Waals surface area contributed by atoms with Gasteiger partial charge in [0, 0.05) is 23.2 Å².